The van der Waals surface area contributed by atoms with Crippen LogP contribution in [0.2, 0.25) is 0 Å². The Morgan fingerprint density at radius 3 is 2.33 bits per heavy atom. The summed E-state index contributed by atoms with van der Waals surface area (Å²) in [6.07, 6.45) is 1.98. The number of likely N-dealkylation sites (N-methyl/N-ethyl adjacent to an activating group) is 1. The van der Waals surface area contributed by atoms with Gasteiger partial charge in [0.05, 0.1) is 4.92 Å². The van der Waals surface area contributed by atoms with E-state index in [9.17, 15) is 18.9 Å². The number of hydrogen-bond donors (Lipinski definition) is 0. The van der Waals surface area contributed by atoms with Gasteiger partial charge in [-0.05, 0) is 32.4 Å². The van der Waals surface area contributed by atoms with Crippen LogP contribution in [0.25, 0.3) is 0 Å². The Kier molecular flexibility index (Phi) is 6.11. The third-order valence-corrected chi connectivity index (χ3v) is 5.55. The Morgan fingerprint density at radius 2 is 1.78 bits per heavy atom. The van der Waals surface area contributed by atoms with E-state index in [2.05, 4.69) is 26.5 Å². The molecule has 0 atom stereocenters. The molecule has 0 unspecified atom stereocenters. The van der Waals surface area contributed by atoms with Crippen LogP contribution in [0.5, 0.6) is 5.75 Å². The molecule has 0 N–H and O–H groups in total. The number of nitrogens with zero attached hydrogens (tertiary/aromatic N) is 4. The molecule has 1 aromatic carbocycles. The van der Waals surface area contributed by atoms with E-state index in [-0.39, 0.29) is 5.75 Å². The van der Waals surface area contributed by atoms with Crippen LogP contribution < -0.4 is 9.64 Å². The fourth-order valence-electron chi connectivity index (χ4n) is 3.99. The van der Waals surface area contributed by atoms with Crippen molar-refractivity contribution in [3.63, 3.8) is 0 Å². The molecule has 0 amide bonds. The molecule has 9 heteroatoms. The number of benzene rings is 1. The summed E-state index contributed by atoms with van der Waals surface area (Å²) >= 11 is 0. The normalized spacial score (nSPS) is 20.3. The van der Waals surface area contributed by atoms with Crippen LogP contribution in [0.1, 0.15) is 18.4 Å². The SMILES string of the molecule is Cc1cc([N+](=O)[O-])c(OC(F)F)cc1N1CCC(N2CCN(C)CC2)CC1. The van der Waals surface area contributed by atoms with Crippen LogP contribution in [0.4, 0.5) is 20.2 Å². The number of anilines is 1. The fraction of sp³-hybridized carbons (Fsp3) is 0.667. The van der Waals surface area contributed by atoms with Crippen molar-refractivity contribution < 1.29 is 18.4 Å². The highest BCUT2D eigenvalue weighted by atomic mass is 19.3. The molecule has 0 bridgehead atoms. The lowest BCUT2D eigenvalue weighted by Crippen LogP contribution is -2.52. The molecule has 3 rings (SSSR count). The van der Waals surface area contributed by atoms with Crippen LogP contribution in [0, 0.1) is 17.0 Å². The second-order valence-corrected chi connectivity index (χ2v) is 7.30. The summed E-state index contributed by atoms with van der Waals surface area (Å²) in [5.41, 5.74) is 0.998. The summed E-state index contributed by atoms with van der Waals surface area (Å²) in [6.45, 7) is 4.57. The zero-order valence-corrected chi connectivity index (χ0v) is 15.7. The summed E-state index contributed by atoms with van der Waals surface area (Å²) in [4.78, 5) is 17.4. The Morgan fingerprint density at radius 1 is 1.15 bits per heavy atom. The van der Waals surface area contributed by atoms with Crippen LogP contribution in [0.3, 0.4) is 0 Å². The van der Waals surface area contributed by atoms with E-state index in [4.69, 9.17) is 0 Å². The van der Waals surface area contributed by atoms with Gasteiger partial charge in [0.15, 0.2) is 0 Å². The quantitative estimate of drug-likeness (QED) is 0.575. The largest absolute Gasteiger partial charge is 0.427 e. The number of aryl methyl sites for hydroxylation is 1. The molecule has 27 heavy (non-hydrogen) atoms. The van der Waals surface area contributed by atoms with Gasteiger partial charge in [0.2, 0.25) is 5.75 Å². The molecule has 0 aromatic heterocycles. The van der Waals surface area contributed by atoms with Gasteiger partial charge in [-0.2, -0.15) is 8.78 Å². The van der Waals surface area contributed by atoms with Crippen molar-refractivity contribution in [2.45, 2.75) is 32.4 Å². The molecule has 2 aliphatic rings. The van der Waals surface area contributed by atoms with Gasteiger partial charge in [0.1, 0.15) is 0 Å². The zero-order valence-electron chi connectivity index (χ0n) is 15.7. The maximum Gasteiger partial charge on any atom is 0.387 e. The predicted molar refractivity (Wildman–Crippen MR) is 98.8 cm³/mol. The molecular formula is C18H26F2N4O3. The number of nitro groups is 1. The first-order valence-corrected chi connectivity index (χ1v) is 9.26. The maximum atomic E-state index is 12.7. The highest BCUT2D eigenvalue weighted by Crippen LogP contribution is 2.37. The van der Waals surface area contributed by atoms with Gasteiger partial charge in [-0.15, -0.1) is 0 Å². The Balaban J connectivity index is 1.70. The summed E-state index contributed by atoms with van der Waals surface area (Å²) in [5.74, 6) is -0.378. The highest BCUT2D eigenvalue weighted by molar-refractivity contribution is 5.64. The van der Waals surface area contributed by atoms with Crippen LogP contribution in [-0.2, 0) is 0 Å². The number of ether oxygens (including phenoxy) is 1. The van der Waals surface area contributed by atoms with E-state index >= 15 is 0 Å². The topological polar surface area (TPSA) is 62.1 Å². The van der Waals surface area contributed by atoms with Crippen molar-refractivity contribution in [2.75, 3.05) is 51.2 Å². The first kappa shape index (κ1) is 19.8. The molecular weight excluding hydrogens is 358 g/mol. The minimum absolute atomic E-state index is 0.378. The van der Waals surface area contributed by atoms with Gasteiger partial charge in [-0.1, -0.05) is 0 Å². The minimum atomic E-state index is -3.10. The lowest BCUT2D eigenvalue weighted by Gasteiger charge is -2.42. The van der Waals surface area contributed by atoms with Crippen LogP contribution in [0.15, 0.2) is 12.1 Å². The predicted octanol–water partition coefficient (Wildman–Crippen LogP) is 2.72. The van der Waals surface area contributed by atoms with Gasteiger partial charge in [-0.25, -0.2) is 0 Å². The van der Waals surface area contributed by atoms with Gasteiger partial charge < -0.3 is 14.5 Å². The molecule has 0 aliphatic carbocycles. The maximum absolute atomic E-state index is 12.7. The monoisotopic (exact) mass is 384 g/mol. The van der Waals surface area contributed by atoms with Gasteiger partial charge in [0.25, 0.3) is 0 Å². The number of alkyl halides is 2. The number of piperidine rings is 1. The van der Waals surface area contributed by atoms with Crippen LogP contribution >= 0.6 is 0 Å². The molecule has 2 saturated heterocycles. The van der Waals surface area contributed by atoms with Gasteiger partial charge >= 0.3 is 12.3 Å². The van der Waals surface area contributed by atoms with E-state index in [0.29, 0.717) is 11.6 Å². The lowest BCUT2D eigenvalue weighted by atomic mass is 10.0. The van der Waals surface area contributed by atoms with Crippen molar-refractivity contribution in [3.8, 4) is 5.75 Å². The van der Waals surface area contributed by atoms with E-state index in [1.54, 1.807) is 6.92 Å². The number of rotatable bonds is 5. The third-order valence-electron chi connectivity index (χ3n) is 5.55. The number of hydrogen-bond acceptors (Lipinski definition) is 6. The van der Waals surface area contributed by atoms with E-state index in [1.165, 1.54) is 12.1 Å². The van der Waals surface area contributed by atoms with E-state index in [0.717, 1.165) is 57.8 Å². The van der Waals surface area contributed by atoms with E-state index < -0.39 is 17.2 Å². The third kappa shape index (κ3) is 4.65. The number of halogens is 2. The first-order valence-electron chi connectivity index (χ1n) is 9.26. The summed E-state index contributed by atoms with van der Waals surface area (Å²) < 4.78 is 29.7. The summed E-state index contributed by atoms with van der Waals surface area (Å²) in [7, 11) is 2.14. The minimum Gasteiger partial charge on any atom is -0.427 e. The smallest absolute Gasteiger partial charge is 0.387 e. The molecule has 1 aromatic rings. The number of nitro benzene ring substituents is 1. The Labute approximate surface area is 157 Å². The number of piperazine rings is 1. The van der Waals surface area contributed by atoms with Crippen molar-refractivity contribution >= 4 is 11.4 Å². The molecule has 2 aliphatic heterocycles. The highest BCUT2D eigenvalue weighted by Gasteiger charge is 2.29. The first-order chi connectivity index (χ1) is 12.8. The second-order valence-electron chi connectivity index (χ2n) is 7.30. The van der Waals surface area contributed by atoms with Crippen LogP contribution in [-0.4, -0.2) is 73.7 Å². The Bertz CT molecular complexity index is 673. The average molecular weight is 384 g/mol. The fourth-order valence-corrected chi connectivity index (χ4v) is 3.99. The van der Waals surface area contributed by atoms with Crippen molar-refractivity contribution in [2.24, 2.45) is 0 Å². The molecule has 2 heterocycles. The molecule has 0 radical (unpaired) electrons. The molecule has 0 spiro atoms. The van der Waals surface area contributed by atoms with Gasteiger partial charge in [-0.3, -0.25) is 15.0 Å². The molecule has 0 saturated carbocycles. The van der Waals surface area contributed by atoms with Crippen molar-refractivity contribution in [1.82, 2.24) is 9.80 Å². The summed E-state index contributed by atoms with van der Waals surface area (Å²) in [6, 6.07) is 3.24. The molecule has 7 nitrogen and oxygen atoms in total. The van der Waals surface area contributed by atoms with E-state index in [1.807, 2.05) is 0 Å². The average Bonchev–Trinajstić information content (AvgIpc) is 2.63. The van der Waals surface area contributed by atoms with Gasteiger partial charge in [0, 0.05) is 63.1 Å². The second kappa shape index (κ2) is 8.35. The van der Waals surface area contributed by atoms with Crippen molar-refractivity contribution in [3.05, 3.63) is 27.8 Å². The summed E-state index contributed by atoms with van der Waals surface area (Å²) in [5, 5.41) is 11.1. The molecule has 2 fully saturated rings. The molecule has 150 valence electrons. The lowest BCUT2D eigenvalue weighted by molar-refractivity contribution is -0.386. The van der Waals surface area contributed by atoms with Crippen molar-refractivity contribution in [1.29, 1.82) is 0 Å². The Hall–Kier alpha value is -2.00. The standard InChI is InChI=1S/C18H26F2N4O3/c1-13-11-16(24(25)26)17(27-18(19)20)12-15(13)23-5-3-14(4-6-23)22-9-7-21(2)8-10-22/h11-12,14,18H,3-10H2,1-2H3. The zero-order chi connectivity index (χ0) is 19.6.